The van der Waals surface area contributed by atoms with E-state index in [1.807, 2.05) is 6.26 Å². The van der Waals surface area contributed by atoms with Crippen LogP contribution in [0.1, 0.15) is 14.9 Å². The highest BCUT2D eigenvalue weighted by atomic mass is 32.2. The molecule has 0 aliphatic heterocycles. The number of hydrogen-bond acceptors (Lipinski definition) is 3. The Morgan fingerprint density at radius 3 is 1.36 bits per heavy atom. The summed E-state index contributed by atoms with van der Waals surface area (Å²) in [6.07, 6.45) is 1.83. The van der Waals surface area contributed by atoms with Gasteiger partial charge in [-0.25, -0.2) is 0 Å². The second kappa shape index (κ2) is 16.1. The zero-order valence-electron chi connectivity index (χ0n) is 5.42. The minimum Gasteiger partial charge on any atom is -0.386 e. The van der Waals surface area contributed by atoms with Gasteiger partial charge >= 0.3 is 0 Å². The highest BCUT2D eigenvalue weighted by molar-refractivity contribution is 8.12. The van der Waals surface area contributed by atoms with E-state index in [1.54, 1.807) is 0 Å². The van der Waals surface area contributed by atoms with Gasteiger partial charge < -0.3 is 11.5 Å². The predicted octanol–water partition coefficient (Wildman–Crippen LogP) is -0.930. The maximum atomic E-state index is 4.95. The highest BCUT2D eigenvalue weighted by Gasteiger charge is 1.80. The van der Waals surface area contributed by atoms with E-state index in [4.69, 9.17) is 22.6 Å². The molecule has 11 heavy (non-hydrogen) atoms. The second-order valence-electron chi connectivity index (χ2n) is 1.18. The lowest BCUT2D eigenvalue weighted by molar-refractivity contribution is -0.110. The molecule has 0 fully saturated rings. The summed E-state index contributed by atoms with van der Waals surface area (Å²) in [7, 11) is 0. The average Bonchev–Trinajstić information content (AvgIpc) is 1.65. The van der Waals surface area contributed by atoms with Crippen LogP contribution in [-0.4, -0.2) is 11.4 Å². The largest absolute Gasteiger partial charge is 0.386 e. The predicted molar refractivity (Wildman–Crippen MR) is 55.6 cm³/mol. The van der Waals surface area contributed by atoms with Gasteiger partial charge in [-0.15, -0.1) is 0 Å². The fourth-order valence-corrected chi connectivity index (χ4v) is 0. The molecule has 0 saturated carbocycles. The Morgan fingerprint density at radius 2 is 1.36 bits per heavy atom. The van der Waals surface area contributed by atoms with Crippen molar-refractivity contribution in [1.82, 2.24) is 0 Å². The van der Waals surface area contributed by atoms with Crippen molar-refractivity contribution in [2.75, 3.05) is 6.26 Å². The summed E-state index contributed by atoms with van der Waals surface area (Å²) >= 11 is 1.35. The van der Waals surface area contributed by atoms with E-state index in [2.05, 4.69) is 6.58 Å². The molecule has 8 N–H and O–H groups in total. The van der Waals surface area contributed by atoms with E-state index in [0.717, 1.165) is 0 Å². The maximum Gasteiger partial charge on any atom is 0.299 e. The molecule has 0 bridgehead atoms. The molecular weight excluding hydrogens is 160 g/mol. The first kappa shape index (κ1) is 22.5. The molecule has 0 heterocycles. The molecule has 0 aliphatic rings. The van der Waals surface area contributed by atoms with Crippen molar-refractivity contribution in [2.24, 2.45) is 17.2 Å². The first-order valence-electron chi connectivity index (χ1n) is 2.12. The Kier molecular flexibility index (Phi) is 32.8. The van der Waals surface area contributed by atoms with Crippen LogP contribution in [0.25, 0.3) is 0 Å². The summed E-state index contributed by atoms with van der Waals surface area (Å²) < 4.78 is 0. The van der Waals surface area contributed by atoms with Crippen molar-refractivity contribution < 1.29 is 5.41 Å². The lowest BCUT2D eigenvalue weighted by Crippen LogP contribution is -2.42. The summed E-state index contributed by atoms with van der Waals surface area (Å²) in [5.41, 5.74) is 14.3. The van der Waals surface area contributed by atoms with Crippen molar-refractivity contribution in [3.05, 3.63) is 12.4 Å². The monoisotopic (exact) mass is 181 g/mol. The van der Waals surface area contributed by atoms with Crippen molar-refractivity contribution >= 4 is 16.9 Å². The molecule has 0 unspecified atom stereocenters. The maximum absolute atomic E-state index is 4.95. The van der Waals surface area contributed by atoms with E-state index in [9.17, 15) is 0 Å². The van der Waals surface area contributed by atoms with Crippen molar-refractivity contribution in [1.29, 1.82) is 0 Å². The fourth-order valence-electron chi connectivity index (χ4n) is 0. The van der Waals surface area contributed by atoms with Crippen LogP contribution >= 0.6 is 11.8 Å². The van der Waals surface area contributed by atoms with Gasteiger partial charge in [-0.3, -0.25) is 11.1 Å². The number of amidine groups is 1. The van der Waals surface area contributed by atoms with Gasteiger partial charge in [0.15, 0.2) is 0 Å². The first-order chi connectivity index (χ1) is 4.00. The van der Waals surface area contributed by atoms with Crippen LogP contribution < -0.4 is 22.6 Å². The molecule has 4 nitrogen and oxygen atoms in total. The third kappa shape index (κ3) is 349. The van der Waals surface area contributed by atoms with Gasteiger partial charge in [0.05, 0.1) is 5.82 Å². The van der Waals surface area contributed by atoms with Crippen LogP contribution in [-0.2, 0) is 0 Å². The van der Waals surface area contributed by atoms with Crippen molar-refractivity contribution in [3.63, 3.8) is 0 Å². The molecule has 5 heteroatoms. The lowest BCUT2D eigenvalue weighted by atomic mass is 10.9. The molecule has 0 radical (unpaired) electrons. The van der Waals surface area contributed by atoms with E-state index < -0.39 is 0 Å². The Labute approximate surface area is 73.7 Å². The van der Waals surface area contributed by atoms with Crippen LogP contribution in [0.5, 0.6) is 0 Å². The van der Waals surface area contributed by atoms with Crippen molar-refractivity contribution in [3.8, 4) is 0 Å². The van der Waals surface area contributed by atoms with Crippen LogP contribution in [0.15, 0.2) is 12.4 Å². The molecule has 0 rings (SSSR count). The molecule has 70 valence electrons. The number of rotatable bonds is 0. The SMILES string of the molecule is C.C.C=C(N)N.CSC(N)=[NH2+]. The van der Waals surface area contributed by atoms with Gasteiger partial charge in [-0.1, -0.05) is 21.4 Å². The first-order valence-corrected chi connectivity index (χ1v) is 3.35. The van der Waals surface area contributed by atoms with E-state index in [1.165, 1.54) is 11.8 Å². The minimum atomic E-state index is 0. The number of hydrogen-bond donors (Lipinski definition) is 4. The van der Waals surface area contributed by atoms with Gasteiger partial charge in [0.25, 0.3) is 5.17 Å². The molecule has 0 aromatic carbocycles. The van der Waals surface area contributed by atoms with E-state index in [0.29, 0.717) is 5.17 Å². The lowest BCUT2D eigenvalue weighted by Gasteiger charge is -1.72. The molecule has 0 aromatic heterocycles. The molecule has 0 aromatic rings. The van der Waals surface area contributed by atoms with E-state index >= 15 is 0 Å². The summed E-state index contributed by atoms with van der Waals surface area (Å²) in [6.45, 7) is 3.11. The number of nitrogens with two attached hydrogens (primary N) is 4. The average molecular weight is 181 g/mol. The molecule has 0 amide bonds. The Morgan fingerprint density at radius 1 is 1.27 bits per heavy atom. The Hall–Kier alpha value is -0.840. The quantitative estimate of drug-likeness (QED) is 0.286. The Balaban J connectivity index is -0.0000000383. The van der Waals surface area contributed by atoms with Crippen molar-refractivity contribution in [2.45, 2.75) is 14.9 Å². The third-order valence-corrected chi connectivity index (χ3v) is 0.707. The van der Waals surface area contributed by atoms with Gasteiger partial charge in [0.1, 0.15) is 0 Å². The summed E-state index contributed by atoms with van der Waals surface area (Å²) in [5, 5.41) is 5.37. The zero-order valence-corrected chi connectivity index (χ0v) is 6.24. The van der Waals surface area contributed by atoms with Crippen LogP contribution in [0, 0.1) is 0 Å². The fraction of sp³-hybridized carbons (Fsp3) is 0.500. The normalized spacial score (nSPS) is 5.55. The summed E-state index contributed by atoms with van der Waals surface area (Å²) in [5.74, 6) is 0.167. The minimum absolute atomic E-state index is 0. The van der Waals surface area contributed by atoms with Crippen LogP contribution in [0.2, 0.25) is 0 Å². The summed E-state index contributed by atoms with van der Waals surface area (Å²) in [6, 6.07) is 0. The second-order valence-corrected chi connectivity index (χ2v) is 2.06. The van der Waals surface area contributed by atoms with Gasteiger partial charge in [-0.05, 0) is 18.0 Å². The van der Waals surface area contributed by atoms with Gasteiger partial charge in [-0.2, -0.15) is 0 Å². The molecular formula is C6H21N4S+. The highest BCUT2D eigenvalue weighted by Crippen LogP contribution is 1.79. The molecule has 0 saturated heterocycles. The molecule has 0 spiro atoms. The van der Waals surface area contributed by atoms with E-state index in [-0.39, 0.29) is 20.7 Å². The standard InChI is InChI=1S/C2H6N2S.C2H6N2.2CH4/c1-5-2(3)4;1-2(3)4;;/h1H3,(H3,3,4);1,3-4H2;2*1H4/p+1. The van der Waals surface area contributed by atoms with Crippen LogP contribution in [0.3, 0.4) is 0 Å². The molecule has 0 atom stereocenters. The number of thioether (sulfide) groups is 1. The van der Waals surface area contributed by atoms with Crippen LogP contribution in [0.4, 0.5) is 0 Å². The summed E-state index contributed by atoms with van der Waals surface area (Å²) in [4.78, 5) is 0. The zero-order chi connectivity index (χ0) is 7.86. The topological polar surface area (TPSA) is 104 Å². The molecule has 0 aliphatic carbocycles. The Bertz CT molecular complexity index is 98.8. The third-order valence-electron chi connectivity index (χ3n) is 0.236. The van der Waals surface area contributed by atoms with Gasteiger partial charge in [0, 0.05) is 0 Å². The van der Waals surface area contributed by atoms with Gasteiger partial charge in [0.2, 0.25) is 0 Å². The smallest absolute Gasteiger partial charge is 0.299 e.